The van der Waals surface area contributed by atoms with Gasteiger partial charge in [-0.15, -0.1) is 11.3 Å². The first-order valence-electron chi connectivity index (χ1n) is 6.64. The third kappa shape index (κ3) is 1.64. The van der Waals surface area contributed by atoms with Gasteiger partial charge in [0.05, 0.1) is 0 Å². The van der Waals surface area contributed by atoms with Crippen LogP contribution in [-0.4, -0.2) is 0 Å². The number of thiophene rings is 1. The Morgan fingerprint density at radius 1 is 1.05 bits per heavy atom. The van der Waals surface area contributed by atoms with Gasteiger partial charge in [0.2, 0.25) is 0 Å². The van der Waals surface area contributed by atoms with Crippen molar-refractivity contribution in [3.8, 4) is 0 Å². The number of hydrogen-bond donors (Lipinski definition) is 1. The highest BCUT2D eigenvalue weighted by Gasteiger charge is 2.32. The first kappa shape index (κ1) is 11.2. The largest absolute Gasteiger partial charge is 0.323 e. The smallest absolute Gasteiger partial charge is 0.0390 e. The van der Waals surface area contributed by atoms with Gasteiger partial charge >= 0.3 is 0 Å². The predicted octanol–water partition coefficient (Wildman–Crippen LogP) is 4.24. The van der Waals surface area contributed by atoms with Gasteiger partial charge in [0, 0.05) is 16.7 Å². The van der Waals surface area contributed by atoms with Gasteiger partial charge in [0.25, 0.3) is 0 Å². The van der Waals surface area contributed by atoms with Crippen molar-refractivity contribution in [2.45, 2.75) is 18.4 Å². The van der Waals surface area contributed by atoms with Gasteiger partial charge in [0.15, 0.2) is 0 Å². The molecule has 1 nitrogen and oxygen atoms in total. The summed E-state index contributed by atoms with van der Waals surface area (Å²) in [4.78, 5) is 0. The Labute approximate surface area is 116 Å². The number of benzene rings is 2. The van der Waals surface area contributed by atoms with Crippen molar-refractivity contribution in [1.82, 2.24) is 0 Å². The third-order valence-electron chi connectivity index (χ3n) is 4.20. The monoisotopic (exact) mass is 265 g/mol. The fourth-order valence-corrected chi connectivity index (χ4v) is 4.08. The zero-order chi connectivity index (χ0) is 12.8. The molecule has 4 rings (SSSR count). The standard InChI is InChI=1S/C17H15NS/c18-16(15-10-12-4-1-2-6-13(12)15)14-7-3-5-11-8-9-19-17(11)14/h1-9,15-16H,10,18H2. The zero-order valence-corrected chi connectivity index (χ0v) is 11.4. The summed E-state index contributed by atoms with van der Waals surface area (Å²) < 4.78 is 1.35. The first-order chi connectivity index (χ1) is 9.34. The number of rotatable bonds is 2. The van der Waals surface area contributed by atoms with E-state index in [1.807, 2.05) is 0 Å². The van der Waals surface area contributed by atoms with Crippen LogP contribution < -0.4 is 5.73 Å². The Morgan fingerprint density at radius 2 is 1.95 bits per heavy atom. The Morgan fingerprint density at radius 3 is 2.84 bits per heavy atom. The van der Waals surface area contributed by atoms with Gasteiger partial charge in [0.1, 0.15) is 0 Å². The van der Waals surface area contributed by atoms with Crippen LogP contribution >= 0.6 is 11.3 Å². The van der Waals surface area contributed by atoms with Gasteiger partial charge in [-0.3, -0.25) is 0 Å². The van der Waals surface area contributed by atoms with Crippen molar-refractivity contribution in [2.24, 2.45) is 5.73 Å². The minimum absolute atomic E-state index is 0.109. The van der Waals surface area contributed by atoms with Crippen LogP contribution in [-0.2, 0) is 6.42 Å². The highest BCUT2D eigenvalue weighted by molar-refractivity contribution is 7.17. The van der Waals surface area contributed by atoms with Crippen LogP contribution in [0.15, 0.2) is 53.9 Å². The van der Waals surface area contributed by atoms with Crippen LogP contribution in [0.25, 0.3) is 10.1 Å². The van der Waals surface area contributed by atoms with Crippen molar-refractivity contribution in [3.63, 3.8) is 0 Å². The lowest BCUT2D eigenvalue weighted by atomic mass is 9.72. The highest BCUT2D eigenvalue weighted by atomic mass is 32.1. The molecule has 0 radical (unpaired) electrons. The van der Waals surface area contributed by atoms with E-state index in [1.165, 1.54) is 26.8 Å². The second kappa shape index (κ2) is 4.19. The highest BCUT2D eigenvalue weighted by Crippen LogP contribution is 2.44. The predicted molar refractivity (Wildman–Crippen MR) is 81.6 cm³/mol. The molecule has 2 heteroatoms. The molecule has 1 aromatic heterocycles. The molecule has 0 saturated heterocycles. The topological polar surface area (TPSA) is 26.0 Å². The van der Waals surface area contributed by atoms with E-state index >= 15 is 0 Å². The molecule has 0 aliphatic heterocycles. The summed E-state index contributed by atoms with van der Waals surface area (Å²) in [7, 11) is 0. The molecule has 0 saturated carbocycles. The molecule has 0 bridgehead atoms. The normalized spacial score (nSPS) is 18.9. The SMILES string of the molecule is NC(c1cccc2ccsc12)C1Cc2ccccc21. The molecule has 19 heavy (non-hydrogen) atoms. The van der Waals surface area contributed by atoms with Gasteiger partial charge in [-0.25, -0.2) is 0 Å². The average Bonchev–Trinajstić information content (AvgIpc) is 2.88. The average molecular weight is 265 g/mol. The molecular formula is C17H15NS. The summed E-state index contributed by atoms with van der Waals surface area (Å²) in [5.41, 5.74) is 10.7. The summed E-state index contributed by atoms with van der Waals surface area (Å²) in [6.07, 6.45) is 1.11. The summed E-state index contributed by atoms with van der Waals surface area (Å²) in [5, 5.41) is 3.46. The maximum atomic E-state index is 6.55. The Bertz CT molecular complexity index is 744. The summed E-state index contributed by atoms with van der Waals surface area (Å²) in [6.45, 7) is 0. The number of hydrogen-bond acceptors (Lipinski definition) is 2. The lowest BCUT2D eigenvalue weighted by Crippen LogP contribution is -2.28. The van der Waals surface area contributed by atoms with Crippen LogP contribution in [0.3, 0.4) is 0 Å². The molecule has 0 amide bonds. The summed E-state index contributed by atoms with van der Waals surface area (Å²) in [6, 6.07) is 17.4. The maximum absolute atomic E-state index is 6.55. The van der Waals surface area contributed by atoms with Crippen LogP contribution in [0.4, 0.5) is 0 Å². The van der Waals surface area contributed by atoms with Crippen LogP contribution in [0.1, 0.15) is 28.7 Å². The molecule has 2 aromatic carbocycles. The van der Waals surface area contributed by atoms with Gasteiger partial charge < -0.3 is 5.73 Å². The molecule has 94 valence electrons. The van der Waals surface area contributed by atoms with Crippen molar-refractivity contribution >= 4 is 21.4 Å². The van der Waals surface area contributed by atoms with E-state index in [0.29, 0.717) is 5.92 Å². The minimum atomic E-state index is 0.109. The molecule has 1 aliphatic carbocycles. The van der Waals surface area contributed by atoms with Crippen molar-refractivity contribution in [2.75, 3.05) is 0 Å². The maximum Gasteiger partial charge on any atom is 0.0390 e. The van der Waals surface area contributed by atoms with E-state index in [2.05, 4.69) is 53.9 Å². The fraction of sp³-hybridized carbons (Fsp3) is 0.176. The van der Waals surface area contributed by atoms with E-state index in [-0.39, 0.29) is 6.04 Å². The number of fused-ring (bicyclic) bond motifs is 2. The lowest BCUT2D eigenvalue weighted by molar-refractivity contribution is 0.503. The van der Waals surface area contributed by atoms with E-state index in [0.717, 1.165) is 6.42 Å². The molecule has 0 fully saturated rings. The molecule has 3 aromatic rings. The lowest BCUT2D eigenvalue weighted by Gasteiger charge is -2.35. The van der Waals surface area contributed by atoms with Gasteiger partial charge in [-0.1, -0.05) is 42.5 Å². The van der Waals surface area contributed by atoms with Crippen molar-refractivity contribution in [3.05, 3.63) is 70.6 Å². The van der Waals surface area contributed by atoms with E-state index in [4.69, 9.17) is 5.73 Å². The number of nitrogens with two attached hydrogens (primary N) is 1. The third-order valence-corrected chi connectivity index (χ3v) is 5.18. The van der Waals surface area contributed by atoms with Crippen LogP contribution in [0.2, 0.25) is 0 Å². The minimum Gasteiger partial charge on any atom is -0.323 e. The van der Waals surface area contributed by atoms with Gasteiger partial charge in [-0.05, 0) is 39.9 Å². The molecule has 1 aliphatic rings. The molecule has 2 atom stereocenters. The molecule has 0 spiro atoms. The summed E-state index contributed by atoms with van der Waals surface area (Å²) >= 11 is 1.80. The molecule has 1 heterocycles. The second-order valence-electron chi connectivity index (χ2n) is 5.22. The molecule has 2 N–H and O–H groups in total. The zero-order valence-electron chi connectivity index (χ0n) is 10.5. The van der Waals surface area contributed by atoms with Gasteiger partial charge in [-0.2, -0.15) is 0 Å². The Kier molecular flexibility index (Phi) is 2.47. The van der Waals surface area contributed by atoms with Crippen molar-refractivity contribution < 1.29 is 0 Å². The van der Waals surface area contributed by atoms with E-state index in [1.54, 1.807) is 11.3 Å². The molecular weight excluding hydrogens is 250 g/mol. The quantitative estimate of drug-likeness (QED) is 0.737. The summed E-state index contributed by atoms with van der Waals surface area (Å²) in [5.74, 6) is 0.476. The first-order valence-corrected chi connectivity index (χ1v) is 7.52. The van der Waals surface area contributed by atoms with E-state index in [9.17, 15) is 0 Å². The van der Waals surface area contributed by atoms with E-state index < -0.39 is 0 Å². The molecule has 2 unspecified atom stereocenters. The Hall–Kier alpha value is -1.64. The van der Waals surface area contributed by atoms with Crippen LogP contribution in [0.5, 0.6) is 0 Å². The fourth-order valence-electron chi connectivity index (χ4n) is 3.11. The second-order valence-corrected chi connectivity index (χ2v) is 6.14. The Balaban J connectivity index is 1.76. The van der Waals surface area contributed by atoms with Crippen LogP contribution in [0, 0.1) is 0 Å². The van der Waals surface area contributed by atoms with Crippen molar-refractivity contribution in [1.29, 1.82) is 0 Å².